The molecule has 2 aliphatic rings. The van der Waals surface area contributed by atoms with E-state index in [0.29, 0.717) is 11.5 Å². The van der Waals surface area contributed by atoms with E-state index in [-0.39, 0.29) is 5.56 Å². The van der Waals surface area contributed by atoms with Crippen LogP contribution in [0.2, 0.25) is 0 Å². The number of hydrogen-bond acceptors (Lipinski definition) is 3. The van der Waals surface area contributed by atoms with Gasteiger partial charge in [-0.15, -0.1) is 0 Å². The first-order valence-corrected chi connectivity index (χ1v) is 9.93. The summed E-state index contributed by atoms with van der Waals surface area (Å²) in [5.41, 5.74) is 1.61. The van der Waals surface area contributed by atoms with Gasteiger partial charge in [0.15, 0.2) is 0 Å². The van der Waals surface area contributed by atoms with E-state index < -0.39 is 6.43 Å². The van der Waals surface area contributed by atoms with Crippen LogP contribution in [0.5, 0.6) is 0 Å². The number of nitrogens with one attached hydrogen (secondary N) is 1. The fraction of sp³-hybridized carbons (Fsp3) is 0.571. The van der Waals surface area contributed by atoms with E-state index in [1.807, 2.05) is 24.5 Å². The van der Waals surface area contributed by atoms with E-state index >= 15 is 0 Å². The van der Waals surface area contributed by atoms with Gasteiger partial charge in [0.05, 0.1) is 6.54 Å². The average Bonchev–Trinajstić information content (AvgIpc) is 3.17. The van der Waals surface area contributed by atoms with Gasteiger partial charge in [-0.05, 0) is 50.3 Å². The summed E-state index contributed by atoms with van der Waals surface area (Å²) in [5.74, 6) is 1.08. The lowest BCUT2D eigenvalue weighted by atomic mass is 9.93. The van der Waals surface area contributed by atoms with Crippen LogP contribution in [-0.2, 0) is 19.6 Å². The molecular weight excluding hydrogens is 346 g/mol. The van der Waals surface area contributed by atoms with Crippen molar-refractivity contribution in [3.05, 3.63) is 53.6 Å². The Morgan fingerprint density at radius 2 is 1.96 bits per heavy atom. The minimum absolute atomic E-state index is 0.0908. The molecule has 146 valence electrons. The second-order valence-electron chi connectivity index (χ2n) is 7.91. The molecule has 1 aromatic heterocycles. The lowest BCUT2D eigenvalue weighted by Gasteiger charge is -2.29. The maximum absolute atomic E-state index is 12.8. The quantitative estimate of drug-likeness (QED) is 0.796. The highest BCUT2D eigenvalue weighted by Crippen LogP contribution is 2.56. The lowest BCUT2D eigenvalue weighted by Crippen LogP contribution is -2.36. The molecular formula is C21H28F2N4. The molecule has 6 heteroatoms. The number of rotatable bonds is 7. The second-order valence-corrected chi connectivity index (χ2v) is 7.91. The molecule has 1 aliphatic carbocycles. The van der Waals surface area contributed by atoms with Gasteiger partial charge in [0.25, 0.3) is 6.43 Å². The molecule has 2 fully saturated rings. The molecule has 4 nitrogen and oxygen atoms in total. The van der Waals surface area contributed by atoms with Crippen LogP contribution in [0.15, 0.2) is 36.7 Å². The third-order valence-electron chi connectivity index (χ3n) is 6.29. The molecule has 1 unspecified atom stereocenters. The molecule has 1 spiro atoms. The van der Waals surface area contributed by atoms with Crippen LogP contribution in [-0.4, -0.2) is 33.6 Å². The molecule has 1 atom stereocenters. The first-order chi connectivity index (χ1) is 13.1. The Balaban J connectivity index is 1.52. The molecule has 2 heterocycles. The zero-order chi connectivity index (χ0) is 18.9. The van der Waals surface area contributed by atoms with Crippen molar-refractivity contribution in [2.24, 2.45) is 5.41 Å². The number of nitrogens with zero attached hydrogens (tertiary/aromatic N) is 3. The van der Waals surface area contributed by atoms with E-state index in [4.69, 9.17) is 0 Å². The third-order valence-corrected chi connectivity index (χ3v) is 6.29. The van der Waals surface area contributed by atoms with Crippen molar-refractivity contribution < 1.29 is 8.78 Å². The zero-order valence-corrected chi connectivity index (χ0v) is 15.9. The van der Waals surface area contributed by atoms with Gasteiger partial charge in [-0.2, -0.15) is 0 Å². The number of piperidine rings is 1. The highest BCUT2D eigenvalue weighted by Gasteiger charge is 2.56. The van der Waals surface area contributed by atoms with Crippen LogP contribution < -0.4 is 5.32 Å². The van der Waals surface area contributed by atoms with E-state index in [2.05, 4.69) is 26.7 Å². The summed E-state index contributed by atoms with van der Waals surface area (Å²) in [6.07, 6.45) is 5.16. The maximum atomic E-state index is 12.8. The Morgan fingerprint density at radius 3 is 2.63 bits per heavy atom. The van der Waals surface area contributed by atoms with Gasteiger partial charge in [-0.1, -0.05) is 24.3 Å². The summed E-state index contributed by atoms with van der Waals surface area (Å²) >= 11 is 0. The van der Waals surface area contributed by atoms with Gasteiger partial charge >= 0.3 is 0 Å². The number of benzene rings is 1. The molecule has 1 aromatic carbocycles. The number of imidazole rings is 1. The molecule has 0 bridgehead atoms. The molecule has 0 radical (unpaired) electrons. The summed E-state index contributed by atoms with van der Waals surface area (Å²) in [6.45, 7) is 6.81. The standard InChI is InChI=1S/C21H28F2N4/c1-2-26-12-11-25-19(26)15-27(18-13-21(18)7-9-24-10-8-21)14-16-3-5-17(6-4-16)20(22)23/h3-6,11-12,18,20,24H,2,7-10,13-15H2,1H3. The van der Waals surface area contributed by atoms with Crippen LogP contribution in [0.4, 0.5) is 8.78 Å². The average molecular weight is 374 g/mol. The van der Waals surface area contributed by atoms with Crippen molar-refractivity contribution in [2.45, 2.75) is 58.3 Å². The Bertz CT molecular complexity index is 750. The minimum atomic E-state index is -2.41. The number of aryl methyl sites for hydroxylation is 1. The number of halogens is 2. The maximum Gasteiger partial charge on any atom is 0.263 e. The normalized spacial score (nSPS) is 21.3. The molecule has 27 heavy (non-hydrogen) atoms. The predicted octanol–water partition coefficient (Wildman–Crippen LogP) is 3.98. The monoisotopic (exact) mass is 374 g/mol. The van der Waals surface area contributed by atoms with Crippen LogP contribution in [0.25, 0.3) is 0 Å². The Hall–Kier alpha value is -1.79. The minimum Gasteiger partial charge on any atom is -0.334 e. The van der Waals surface area contributed by atoms with Crippen molar-refractivity contribution >= 4 is 0 Å². The second kappa shape index (κ2) is 7.68. The highest BCUT2D eigenvalue weighted by atomic mass is 19.3. The molecule has 1 saturated heterocycles. The molecule has 1 saturated carbocycles. The van der Waals surface area contributed by atoms with Gasteiger partial charge in [0, 0.05) is 37.1 Å². The number of alkyl halides is 2. The van der Waals surface area contributed by atoms with E-state index in [1.165, 1.54) is 19.3 Å². The van der Waals surface area contributed by atoms with E-state index in [0.717, 1.165) is 44.1 Å². The van der Waals surface area contributed by atoms with Crippen LogP contribution >= 0.6 is 0 Å². The van der Waals surface area contributed by atoms with E-state index in [9.17, 15) is 8.78 Å². The van der Waals surface area contributed by atoms with Gasteiger partial charge in [0.2, 0.25) is 0 Å². The Labute approximate surface area is 159 Å². The smallest absolute Gasteiger partial charge is 0.263 e. The molecule has 1 N–H and O–H groups in total. The fourth-order valence-electron chi connectivity index (χ4n) is 4.55. The fourth-order valence-corrected chi connectivity index (χ4v) is 4.55. The van der Waals surface area contributed by atoms with Crippen LogP contribution in [0, 0.1) is 5.41 Å². The number of hydrogen-bond donors (Lipinski definition) is 1. The first kappa shape index (κ1) is 18.6. The van der Waals surface area contributed by atoms with Gasteiger partial charge < -0.3 is 9.88 Å². The molecule has 1 aliphatic heterocycles. The first-order valence-electron chi connectivity index (χ1n) is 9.93. The number of aromatic nitrogens is 2. The summed E-state index contributed by atoms with van der Waals surface area (Å²) in [6, 6.07) is 7.35. The summed E-state index contributed by atoms with van der Waals surface area (Å²) in [4.78, 5) is 7.07. The SMILES string of the molecule is CCn1ccnc1CN(Cc1ccc(C(F)F)cc1)C1CC12CCNCC2. The van der Waals surface area contributed by atoms with E-state index in [1.54, 1.807) is 12.1 Å². The zero-order valence-electron chi connectivity index (χ0n) is 15.9. The molecule has 0 amide bonds. The molecule has 4 rings (SSSR count). The van der Waals surface area contributed by atoms with Crippen molar-refractivity contribution in [3.8, 4) is 0 Å². The van der Waals surface area contributed by atoms with Gasteiger partial charge in [0.1, 0.15) is 5.82 Å². The van der Waals surface area contributed by atoms with Crippen LogP contribution in [0.3, 0.4) is 0 Å². The van der Waals surface area contributed by atoms with Gasteiger partial charge in [-0.3, -0.25) is 4.90 Å². The Kier molecular flexibility index (Phi) is 5.28. The summed E-state index contributed by atoms with van der Waals surface area (Å²) < 4.78 is 27.9. The largest absolute Gasteiger partial charge is 0.334 e. The van der Waals surface area contributed by atoms with Crippen molar-refractivity contribution in [1.29, 1.82) is 0 Å². The Morgan fingerprint density at radius 1 is 1.22 bits per heavy atom. The van der Waals surface area contributed by atoms with Gasteiger partial charge in [-0.25, -0.2) is 13.8 Å². The summed E-state index contributed by atoms with van der Waals surface area (Å²) in [5, 5.41) is 3.46. The molecule has 2 aromatic rings. The topological polar surface area (TPSA) is 33.1 Å². The van der Waals surface area contributed by atoms with Crippen molar-refractivity contribution in [2.75, 3.05) is 13.1 Å². The highest BCUT2D eigenvalue weighted by molar-refractivity contribution is 5.24. The third kappa shape index (κ3) is 3.92. The predicted molar refractivity (Wildman–Crippen MR) is 101 cm³/mol. The van der Waals surface area contributed by atoms with Crippen molar-refractivity contribution in [1.82, 2.24) is 19.8 Å². The summed E-state index contributed by atoms with van der Waals surface area (Å²) in [7, 11) is 0. The van der Waals surface area contributed by atoms with Crippen molar-refractivity contribution in [3.63, 3.8) is 0 Å². The lowest BCUT2D eigenvalue weighted by molar-refractivity contribution is 0.151. The van der Waals surface area contributed by atoms with Crippen LogP contribution in [0.1, 0.15) is 49.6 Å².